The normalized spacial score (nSPS) is 24.9. The van der Waals surface area contributed by atoms with Gasteiger partial charge >= 0.3 is 0 Å². The number of hydrogen-bond acceptors (Lipinski definition) is 4. The zero-order valence-corrected chi connectivity index (χ0v) is 14.6. The molecular formula is C18H19F3N2O4. The van der Waals surface area contributed by atoms with Crippen LogP contribution in [-0.4, -0.2) is 55.3 Å². The monoisotopic (exact) mass is 384 g/mol. The number of amides is 2. The zero-order valence-electron chi connectivity index (χ0n) is 14.6. The summed E-state index contributed by atoms with van der Waals surface area (Å²) in [6, 6.07) is 1.78. The van der Waals surface area contributed by atoms with Crippen LogP contribution in [-0.2, 0) is 19.1 Å². The Morgan fingerprint density at radius 3 is 2.41 bits per heavy atom. The number of ether oxygens (including phenoxy) is 2. The Bertz CT molecular complexity index is 772. The first-order chi connectivity index (χ1) is 12.9. The molecule has 3 fully saturated rings. The van der Waals surface area contributed by atoms with E-state index in [4.69, 9.17) is 9.47 Å². The molecule has 1 unspecified atom stereocenters. The molecule has 3 saturated heterocycles. The summed E-state index contributed by atoms with van der Waals surface area (Å²) in [5, 5.41) is 0. The molecule has 3 aliphatic heterocycles. The number of halogens is 3. The standard InChI is InChI=1S/C18H19F3N2O4/c19-12-1-2-13(16(21)15(12)20)23-10-11(9-14(23)24)17(25)22-5-3-18(4-6-22)26-7-8-27-18/h1-2,11H,3-10H2. The highest BCUT2D eigenvalue weighted by Crippen LogP contribution is 2.34. The second-order valence-corrected chi connectivity index (χ2v) is 7.03. The Kier molecular flexibility index (Phi) is 4.59. The maximum atomic E-state index is 14.0. The zero-order chi connectivity index (χ0) is 19.2. The number of piperidine rings is 1. The molecule has 0 bridgehead atoms. The minimum atomic E-state index is -1.63. The molecule has 0 N–H and O–H groups in total. The van der Waals surface area contributed by atoms with Crippen molar-refractivity contribution in [2.75, 3.05) is 37.7 Å². The van der Waals surface area contributed by atoms with Crippen LogP contribution >= 0.6 is 0 Å². The summed E-state index contributed by atoms with van der Waals surface area (Å²) in [7, 11) is 0. The number of nitrogens with zero attached hydrogens (tertiary/aromatic N) is 2. The van der Waals surface area contributed by atoms with E-state index in [1.165, 1.54) is 0 Å². The van der Waals surface area contributed by atoms with Crippen LogP contribution in [0.4, 0.5) is 18.9 Å². The van der Waals surface area contributed by atoms with Gasteiger partial charge in [-0.2, -0.15) is 0 Å². The highest BCUT2D eigenvalue weighted by Gasteiger charge is 2.44. The fourth-order valence-electron chi connectivity index (χ4n) is 3.94. The van der Waals surface area contributed by atoms with Crippen molar-refractivity contribution in [2.24, 2.45) is 5.92 Å². The van der Waals surface area contributed by atoms with Gasteiger partial charge in [-0.1, -0.05) is 0 Å². The summed E-state index contributed by atoms with van der Waals surface area (Å²) in [6.07, 6.45) is 1.02. The van der Waals surface area contributed by atoms with Crippen LogP contribution in [0.15, 0.2) is 12.1 Å². The molecule has 0 aromatic heterocycles. The molecule has 1 aromatic carbocycles. The van der Waals surface area contributed by atoms with Crippen molar-refractivity contribution in [2.45, 2.75) is 25.0 Å². The van der Waals surface area contributed by atoms with Crippen LogP contribution in [0.3, 0.4) is 0 Å². The van der Waals surface area contributed by atoms with Crippen LogP contribution in [0.5, 0.6) is 0 Å². The molecule has 27 heavy (non-hydrogen) atoms. The largest absolute Gasteiger partial charge is 0.347 e. The summed E-state index contributed by atoms with van der Waals surface area (Å²) in [4.78, 5) is 27.7. The number of anilines is 1. The highest BCUT2D eigenvalue weighted by molar-refractivity contribution is 6.00. The summed E-state index contributed by atoms with van der Waals surface area (Å²) in [5.41, 5.74) is -0.348. The summed E-state index contributed by atoms with van der Waals surface area (Å²) in [5.74, 6) is -6.34. The van der Waals surface area contributed by atoms with Crippen molar-refractivity contribution in [3.8, 4) is 0 Å². The van der Waals surface area contributed by atoms with Crippen molar-refractivity contribution in [3.05, 3.63) is 29.6 Å². The first kappa shape index (κ1) is 18.2. The minimum Gasteiger partial charge on any atom is -0.347 e. The Labute approximate surface area is 153 Å². The van der Waals surface area contributed by atoms with E-state index in [0.29, 0.717) is 39.1 Å². The highest BCUT2D eigenvalue weighted by atomic mass is 19.2. The third kappa shape index (κ3) is 3.19. The molecule has 2 amide bonds. The fourth-order valence-corrected chi connectivity index (χ4v) is 3.94. The van der Waals surface area contributed by atoms with Gasteiger partial charge in [-0.3, -0.25) is 9.59 Å². The lowest BCUT2D eigenvalue weighted by atomic mass is 10.0. The SMILES string of the molecule is O=C(C1CC(=O)N(c2ccc(F)c(F)c2F)C1)N1CCC2(CC1)OCCO2. The summed E-state index contributed by atoms with van der Waals surface area (Å²) < 4.78 is 51.9. The van der Waals surface area contributed by atoms with E-state index in [-0.39, 0.29) is 24.6 Å². The predicted molar refractivity (Wildman–Crippen MR) is 87.2 cm³/mol. The lowest BCUT2D eigenvalue weighted by Crippen LogP contribution is -2.49. The Morgan fingerprint density at radius 2 is 1.74 bits per heavy atom. The topological polar surface area (TPSA) is 59.1 Å². The molecular weight excluding hydrogens is 365 g/mol. The van der Waals surface area contributed by atoms with Gasteiger partial charge < -0.3 is 19.3 Å². The quantitative estimate of drug-likeness (QED) is 0.730. The Balaban J connectivity index is 1.43. The van der Waals surface area contributed by atoms with Gasteiger partial charge in [-0.25, -0.2) is 13.2 Å². The van der Waals surface area contributed by atoms with Crippen LogP contribution in [0, 0.1) is 23.4 Å². The molecule has 1 aromatic rings. The van der Waals surface area contributed by atoms with Gasteiger partial charge in [0.05, 0.1) is 24.8 Å². The maximum absolute atomic E-state index is 14.0. The molecule has 0 radical (unpaired) electrons. The van der Waals surface area contributed by atoms with E-state index in [0.717, 1.165) is 17.0 Å². The average Bonchev–Trinajstić information content (AvgIpc) is 3.27. The van der Waals surface area contributed by atoms with Crippen molar-refractivity contribution in [3.63, 3.8) is 0 Å². The summed E-state index contributed by atoms with van der Waals surface area (Å²) in [6.45, 7) is 1.92. The van der Waals surface area contributed by atoms with Crippen molar-refractivity contribution >= 4 is 17.5 Å². The second-order valence-electron chi connectivity index (χ2n) is 7.03. The number of hydrogen-bond donors (Lipinski definition) is 0. The van der Waals surface area contributed by atoms with Gasteiger partial charge in [-0.05, 0) is 12.1 Å². The Hall–Kier alpha value is -2.13. The summed E-state index contributed by atoms with van der Waals surface area (Å²) >= 11 is 0. The van der Waals surface area contributed by atoms with Crippen LogP contribution in [0.2, 0.25) is 0 Å². The van der Waals surface area contributed by atoms with Crippen LogP contribution < -0.4 is 4.90 Å². The third-order valence-electron chi connectivity index (χ3n) is 5.43. The van der Waals surface area contributed by atoms with Gasteiger partial charge in [0.15, 0.2) is 23.2 Å². The van der Waals surface area contributed by atoms with E-state index >= 15 is 0 Å². The molecule has 6 nitrogen and oxygen atoms in total. The van der Waals surface area contributed by atoms with E-state index in [1.54, 1.807) is 4.90 Å². The second kappa shape index (κ2) is 6.79. The van der Waals surface area contributed by atoms with Crippen LogP contribution in [0.1, 0.15) is 19.3 Å². The molecule has 4 rings (SSSR count). The molecule has 1 atom stereocenters. The first-order valence-electron chi connectivity index (χ1n) is 8.91. The van der Waals surface area contributed by atoms with Crippen molar-refractivity contribution in [1.82, 2.24) is 4.90 Å². The van der Waals surface area contributed by atoms with Gasteiger partial charge in [-0.15, -0.1) is 0 Å². The number of carbonyl (C=O) groups is 2. The van der Waals surface area contributed by atoms with Crippen molar-refractivity contribution < 1.29 is 32.2 Å². The number of carbonyl (C=O) groups excluding carboxylic acids is 2. The third-order valence-corrected chi connectivity index (χ3v) is 5.43. The number of benzene rings is 1. The molecule has 3 heterocycles. The molecule has 0 aliphatic carbocycles. The van der Waals surface area contributed by atoms with Gasteiger partial charge in [0.2, 0.25) is 11.8 Å². The van der Waals surface area contributed by atoms with Gasteiger partial charge in [0.25, 0.3) is 0 Å². The van der Waals surface area contributed by atoms with E-state index < -0.39 is 35.1 Å². The predicted octanol–water partition coefficient (Wildman–Crippen LogP) is 1.82. The van der Waals surface area contributed by atoms with Gasteiger partial charge in [0.1, 0.15) is 0 Å². The molecule has 1 spiro atoms. The first-order valence-corrected chi connectivity index (χ1v) is 8.91. The van der Waals surface area contributed by atoms with Crippen LogP contribution in [0.25, 0.3) is 0 Å². The van der Waals surface area contributed by atoms with E-state index in [2.05, 4.69) is 0 Å². The van der Waals surface area contributed by atoms with E-state index in [9.17, 15) is 22.8 Å². The molecule has 9 heteroatoms. The average molecular weight is 384 g/mol. The van der Waals surface area contributed by atoms with Gasteiger partial charge in [0, 0.05) is 38.9 Å². The minimum absolute atomic E-state index is 0.0612. The van der Waals surface area contributed by atoms with Crippen molar-refractivity contribution in [1.29, 1.82) is 0 Å². The molecule has 146 valence electrons. The van der Waals surface area contributed by atoms with E-state index in [1.807, 2.05) is 0 Å². The number of likely N-dealkylation sites (tertiary alicyclic amines) is 1. The lowest BCUT2D eigenvalue weighted by Gasteiger charge is -2.38. The Morgan fingerprint density at radius 1 is 1.07 bits per heavy atom. The molecule has 0 saturated carbocycles. The smallest absolute Gasteiger partial charge is 0.228 e. The fraction of sp³-hybridized carbons (Fsp3) is 0.556. The molecule has 3 aliphatic rings. The number of rotatable bonds is 2. The lowest BCUT2D eigenvalue weighted by molar-refractivity contribution is -0.188. The maximum Gasteiger partial charge on any atom is 0.228 e.